The van der Waals surface area contributed by atoms with Crippen molar-refractivity contribution in [1.82, 2.24) is 25.8 Å². The first-order chi connectivity index (χ1) is 16.6. The molecule has 0 saturated heterocycles. The molecule has 3 N–H and O–H groups in total. The fourth-order valence-corrected chi connectivity index (χ4v) is 3.15. The maximum atomic E-state index is 5.06. The summed E-state index contributed by atoms with van der Waals surface area (Å²) >= 11 is 0. The lowest BCUT2D eigenvalue weighted by Crippen LogP contribution is -2.30. The minimum Gasteiger partial charge on any atom is -0.381 e. The van der Waals surface area contributed by atoms with Crippen LogP contribution >= 0.6 is 0 Å². The third-order valence-corrected chi connectivity index (χ3v) is 5.00. The van der Waals surface area contributed by atoms with E-state index < -0.39 is 0 Å². The Hall–Kier alpha value is -2.48. The molecule has 1 aromatic rings. The minimum absolute atomic E-state index is 0.575. The second-order valence-electron chi connectivity index (χ2n) is 7.69. The number of likely N-dealkylation sites (N-methyl/N-ethyl adjacent to an activating group) is 3. The van der Waals surface area contributed by atoms with E-state index in [9.17, 15) is 0 Å². The van der Waals surface area contributed by atoms with E-state index >= 15 is 0 Å². The predicted octanol–water partition coefficient (Wildman–Crippen LogP) is 3.91. The van der Waals surface area contributed by atoms with E-state index in [0.717, 1.165) is 44.2 Å². The van der Waals surface area contributed by atoms with Crippen LogP contribution in [0.3, 0.4) is 0 Å². The van der Waals surface area contributed by atoms with E-state index in [1.165, 1.54) is 36.9 Å². The van der Waals surface area contributed by atoms with Gasteiger partial charge in [0.15, 0.2) is 0 Å². The number of hydrogen-bond donors (Lipinski definition) is 3. The standard InChI is InChI=1S/C15H31N5O.C9H11N.C3H6/c1-6-17-12-15(8-11-21-5)19-13-18-14(3)20(7-2)10-9-16-4;1-2-6-9-8(4-1)5-3-7-10-9;1-3-2/h8,13,16-17H,3,6-7,9-12H2,1-2,4-5H3,(H,18,19);3,5,7H,1-2,4,6H2;3H,1H2,2H3/b15-8+;;. The van der Waals surface area contributed by atoms with Crippen LogP contribution in [0.1, 0.15) is 44.9 Å². The van der Waals surface area contributed by atoms with E-state index in [2.05, 4.69) is 63.9 Å². The number of nitrogens with zero attached hydrogens (tertiary/aromatic N) is 3. The summed E-state index contributed by atoms with van der Waals surface area (Å²) in [4.78, 5) is 10.8. The number of allylic oxidation sites excluding steroid dienone is 1. The summed E-state index contributed by atoms with van der Waals surface area (Å²) in [5.74, 6) is 0.759. The SMILES string of the molecule is C=C(/N=C/N/C(=C/COC)CNCC)N(CC)CCNC.C=CC.c1cnc2c(c1)CCCC2. The summed E-state index contributed by atoms with van der Waals surface area (Å²) < 4.78 is 5.06. The zero-order valence-electron chi connectivity index (χ0n) is 22.2. The number of aliphatic imine (C=N–C) groups is 1. The van der Waals surface area contributed by atoms with Gasteiger partial charge in [0, 0.05) is 50.9 Å². The third kappa shape index (κ3) is 15.4. The molecule has 0 spiro atoms. The van der Waals surface area contributed by atoms with Crippen LogP contribution in [-0.2, 0) is 17.6 Å². The van der Waals surface area contributed by atoms with Crippen molar-refractivity contribution in [2.24, 2.45) is 4.99 Å². The molecule has 0 aromatic carbocycles. The van der Waals surface area contributed by atoms with E-state index in [-0.39, 0.29) is 0 Å². The maximum absolute atomic E-state index is 5.06. The Morgan fingerprint density at radius 2 is 2.03 bits per heavy atom. The molecule has 7 nitrogen and oxygen atoms in total. The quantitative estimate of drug-likeness (QED) is 0.230. The highest BCUT2D eigenvalue weighted by molar-refractivity contribution is 5.58. The molecule has 0 amide bonds. The number of nitrogens with one attached hydrogen (secondary N) is 3. The first-order valence-corrected chi connectivity index (χ1v) is 12.3. The fraction of sp³-hybridized carbons (Fsp3) is 0.556. The molecule has 1 aliphatic carbocycles. The predicted molar refractivity (Wildman–Crippen MR) is 147 cm³/mol. The van der Waals surface area contributed by atoms with Crippen LogP contribution < -0.4 is 16.0 Å². The molecule has 0 radical (unpaired) electrons. The Morgan fingerprint density at radius 3 is 2.65 bits per heavy atom. The Bertz CT molecular complexity index is 692. The molecule has 0 bridgehead atoms. The van der Waals surface area contributed by atoms with Crippen molar-refractivity contribution in [3.05, 3.63) is 66.4 Å². The van der Waals surface area contributed by atoms with Gasteiger partial charge >= 0.3 is 0 Å². The van der Waals surface area contributed by atoms with Gasteiger partial charge < -0.3 is 25.6 Å². The molecule has 0 aliphatic heterocycles. The number of hydrogen-bond acceptors (Lipinski definition) is 6. The van der Waals surface area contributed by atoms with Gasteiger partial charge in [0.25, 0.3) is 0 Å². The topological polar surface area (TPSA) is 73.8 Å². The largest absolute Gasteiger partial charge is 0.381 e. The summed E-state index contributed by atoms with van der Waals surface area (Å²) in [5.41, 5.74) is 3.83. The molecule has 2 rings (SSSR count). The van der Waals surface area contributed by atoms with Crippen molar-refractivity contribution in [3.63, 3.8) is 0 Å². The number of ether oxygens (including phenoxy) is 1. The van der Waals surface area contributed by atoms with Gasteiger partial charge in [0.1, 0.15) is 5.82 Å². The highest BCUT2D eigenvalue weighted by Gasteiger charge is 2.07. The molecule has 192 valence electrons. The van der Waals surface area contributed by atoms with Gasteiger partial charge in [-0.1, -0.05) is 25.6 Å². The molecule has 1 aliphatic rings. The number of aryl methyl sites for hydroxylation is 2. The summed E-state index contributed by atoms with van der Waals surface area (Å²) in [6, 6.07) is 4.23. The van der Waals surface area contributed by atoms with Gasteiger partial charge in [-0.25, -0.2) is 4.99 Å². The van der Waals surface area contributed by atoms with Gasteiger partial charge in [-0.15, -0.1) is 6.58 Å². The van der Waals surface area contributed by atoms with E-state index in [1.54, 1.807) is 19.5 Å². The molecule has 1 aromatic heterocycles. The monoisotopic (exact) mass is 472 g/mol. The molecule has 0 fully saturated rings. The molecule has 0 atom stereocenters. The fourth-order valence-electron chi connectivity index (χ4n) is 3.15. The minimum atomic E-state index is 0.575. The summed E-state index contributed by atoms with van der Waals surface area (Å²) in [6.07, 6.45) is 12.4. The van der Waals surface area contributed by atoms with Gasteiger partial charge in [-0.2, -0.15) is 0 Å². The molecular formula is C27H48N6O. The van der Waals surface area contributed by atoms with E-state index in [0.29, 0.717) is 6.61 Å². The summed E-state index contributed by atoms with van der Waals surface area (Å²) in [5, 5.41) is 9.57. The van der Waals surface area contributed by atoms with Crippen LogP contribution in [0, 0.1) is 0 Å². The summed E-state index contributed by atoms with van der Waals surface area (Å²) in [6.45, 7) is 18.4. The molecule has 7 heteroatoms. The second kappa shape index (κ2) is 22.3. The first kappa shape index (κ1) is 31.5. The molecular weight excluding hydrogens is 424 g/mol. The molecule has 1 heterocycles. The molecule has 34 heavy (non-hydrogen) atoms. The lowest BCUT2D eigenvalue weighted by atomic mass is 9.96. The highest BCUT2D eigenvalue weighted by Crippen LogP contribution is 2.17. The van der Waals surface area contributed by atoms with Crippen molar-refractivity contribution < 1.29 is 4.74 Å². The van der Waals surface area contributed by atoms with Crippen molar-refractivity contribution >= 4 is 6.34 Å². The number of rotatable bonds is 13. The number of pyridine rings is 1. The van der Waals surface area contributed by atoms with Gasteiger partial charge in [0.05, 0.1) is 12.9 Å². The Kier molecular flexibility index (Phi) is 20.7. The van der Waals surface area contributed by atoms with Crippen molar-refractivity contribution in [2.75, 3.05) is 53.5 Å². The van der Waals surface area contributed by atoms with Crippen LogP contribution in [0.15, 0.2) is 60.1 Å². The zero-order valence-corrected chi connectivity index (χ0v) is 22.2. The Labute approximate surface area is 208 Å². The van der Waals surface area contributed by atoms with Crippen LogP contribution in [0.25, 0.3) is 0 Å². The van der Waals surface area contributed by atoms with Crippen molar-refractivity contribution in [3.8, 4) is 0 Å². The van der Waals surface area contributed by atoms with E-state index in [4.69, 9.17) is 4.74 Å². The second-order valence-corrected chi connectivity index (χ2v) is 7.69. The smallest absolute Gasteiger partial charge is 0.123 e. The maximum Gasteiger partial charge on any atom is 0.123 e. The zero-order chi connectivity index (χ0) is 25.4. The number of methoxy groups -OCH3 is 1. The van der Waals surface area contributed by atoms with Crippen LogP contribution in [0.5, 0.6) is 0 Å². The number of aromatic nitrogens is 1. The lowest BCUT2D eigenvalue weighted by molar-refractivity contribution is 0.233. The van der Waals surface area contributed by atoms with Crippen LogP contribution in [-0.4, -0.2) is 69.7 Å². The van der Waals surface area contributed by atoms with Crippen LogP contribution in [0.2, 0.25) is 0 Å². The van der Waals surface area contributed by atoms with Crippen molar-refractivity contribution in [2.45, 2.75) is 46.5 Å². The third-order valence-electron chi connectivity index (χ3n) is 5.00. The van der Waals surface area contributed by atoms with Gasteiger partial charge in [0.2, 0.25) is 0 Å². The van der Waals surface area contributed by atoms with Gasteiger partial charge in [-0.3, -0.25) is 4.98 Å². The average molecular weight is 473 g/mol. The Balaban J connectivity index is 0.000000680. The summed E-state index contributed by atoms with van der Waals surface area (Å²) in [7, 11) is 3.62. The van der Waals surface area contributed by atoms with Gasteiger partial charge in [-0.05, 0) is 70.8 Å². The highest BCUT2D eigenvalue weighted by atomic mass is 16.5. The molecule has 0 unspecified atom stereocenters. The normalized spacial score (nSPS) is 12.6. The average Bonchev–Trinajstić information content (AvgIpc) is 2.86. The van der Waals surface area contributed by atoms with Crippen LogP contribution in [0.4, 0.5) is 0 Å². The number of fused-ring (bicyclic) bond motifs is 1. The first-order valence-electron chi connectivity index (χ1n) is 12.3. The van der Waals surface area contributed by atoms with Crippen molar-refractivity contribution in [1.29, 1.82) is 0 Å². The molecule has 0 saturated carbocycles. The Morgan fingerprint density at radius 1 is 1.29 bits per heavy atom. The van der Waals surface area contributed by atoms with E-state index in [1.807, 2.05) is 32.3 Å². The lowest BCUT2D eigenvalue weighted by Gasteiger charge is -2.22.